The molecule has 0 atom stereocenters. The Bertz CT molecular complexity index is 1250. The Balaban J connectivity index is 1.63. The van der Waals surface area contributed by atoms with Gasteiger partial charge in [0.15, 0.2) is 0 Å². The van der Waals surface area contributed by atoms with Gasteiger partial charge >= 0.3 is 0 Å². The first-order chi connectivity index (χ1) is 14.0. The highest BCUT2D eigenvalue weighted by Crippen LogP contribution is 2.25. The van der Waals surface area contributed by atoms with E-state index in [1.807, 2.05) is 30.3 Å². The predicted molar refractivity (Wildman–Crippen MR) is 110 cm³/mol. The van der Waals surface area contributed by atoms with E-state index >= 15 is 0 Å². The molecule has 2 aromatic heterocycles. The van der Waals surface area contributed by atoms with E-state index in [1.165, 1.54) is 6.20 Å². The average Bonchev–Trinajstić information content (AvgIpc) is 3.11. The maximum Gasteiger partial charge on any atom is 0.266 e. The molecule has 0 saturated carbocycles. The fraction of sp³-hybridized carbons (Fsp3) is 0.0952. The zero-order chi connectivity index (χ0) is 20.4. The van der Waals surface area contributed by atoms with Gasteiger partial charge in [-0.3, -0.25) is 9.59 Å². The van der Waals surface area contributed by atoms with E-state index in [4.69, 9.17) is 11.6 Å². The molecular weight excluding hydrogens is 392 g/mol. The van der Waals surface area contributed by atoms with Crippen LogP contribution in [0.25, 0.3) is 11.0 Å². The summed E-state index contributed by atoms with van der Waals surface area (Å²) in [5.74, 6) is -1.10. The molecule has 7 nitrogen and oxygen atoms in total. The Hall–Kier alpha value is -3.58. The van der Waals surface area contributed by atoms with Gasteiger partial charge in [-0.15, -0.1) is 0 Å². The lowest BCUT2D eigenvalue weighted by molar-refractivity contribution is 0.0947. The van der Waals surface area contributed by atoms with E-state index in [9.17, 15) is 14.7 Å². The number of pyridine rings is 1. The van der Waals surface area contributed by atoms with E-state index in [1.54, 1.807) is 28.9 Å². The number of benzene rings is 2. The van der Waals surface area contributed by atoms with Crippen LogP contribution in [0.15, 0.2) is 65.6 Å². The van der Waals surface area contributed by atoms with Crippen molar-refractivity contribution in [1.29, 1.82) is 0 Å². The van der Waals surface area contributed by atoms with Crippen molar-refractivity contribution < 1.29 is 9.90 Å². The fourth-order valence-corrected chi connectivity index (χ4v) is 3.30. The molecule has 0 unspecified atom stereocenters. The lowest BCUT2D eigenvalue weighted by Gasteiger charge is -2.09. The third kappa shape index (κ3) is 3.72. The second-order valence-corrected chi connectivity index (χ2v) is 6.91. The Labute approximate surface area is 170 Å². The van der Waals surface area contributed by atoms with Crippen molar-refractivity contribution in [2.75, 3.05) is 0 Å². The van der Waals surface area contributed by atoms with Crippen LogP contribution in [-0.4, -0.2) is 25.8 Å². The second kappa shape index (κ2) is 7.81. The quantitative estimate of drug-likeness (QED) is 0.472. The van der Waals surface area contributed by atoms with Crippen molar-refractivity contribution in [3.63, 3.8) is 0 Å². The summed E-state index contributed by atoms with van der Waals surface area (Å²) in [6, 6.07) is 16.6. The monoisotopic (exact) mass is 408 g/mol. The van der Waals surface area contributed by atoms with Crippen LogP contribution in [0, 0.1) is 0 Å². The normalized spacial score (nSPS) is 10.9. The minimum absolute atomic E-state index is 0.128. The number of hydrogen-bond donors (Lipinski definition) is 3. The van der Waals surface area contributed by atoms with Gasteiger partial charge in [0, 0.05) is 11.6 Å². The van der Waals surface area contributed by atoms with E-state index in [0.29, 0.717) is 28.2 Å². The van der Waals surface area contributed by atoms with Crippen LogP contribution in [0.4, 0.5) is 0 Å². The number of aromatic amines is 1. The molecule has 4 rings (SSSR count). The van der Waals surface area contributed by atoms with Crippen molar-refractivity contribution in [3.05, 3.63) is 92.9 Å². The number of amides is 1. The van der Waals surface area contributed by atoms with Gasteiger partial charge in [0.25, 0.3) is 11.5 Å². The minimum Gasteiger partial charge on any atom is -0.506 e. The molecule has 0 aliphatic carbocycles. The summed E-state index contributed by atoms with van der Waals surface area (Å²) in [5, 5.41) is 18.2. The number of hydrogen-bond acceptors (Lipinski definition) is 4. The summed E-state index contributed by atoms with van der Waals surface area (Å²) in [5.41, 5.74) is 0.985. The molecule has 0 fully saturated rings. The number of aromatic hydroxyl groups is 1. The standard InChI is InChI=1S/C21H17ClN4O3/c22-16-9-5-4-8-14(16)10-23-20(28)17-18(27)15-11-24-26(19(15)25-21(17)29)12-13-6-2-1-3-7-13/h1-9,11H,10,12H2,(H,23,28)(H2,25,27,29). The number of nitrogens with zero attached hydrogens (tertiary/aromatic N) is 2. The van der Waals surface area contributed by atoms with Crippen LogP contribution >= 0.6 is 11.6 Å². The fourth-order valence-electron chi connectivity index (χ4n) is 3.10. The van der Waals surface area contributed by atoms with Crippen molar-refractivity contribution >= 4 is 28.5 Å². The van der Waals surface area contributed by atoms with E-state index in [-0.39, 0.29) is 12.1 Å². The number of nitrogens with one attached hydrogen (secondary N) is 2. The van der Waals surface area contributed by atoms with Crippen LogP contribution in [0.3, 0.4) is 0 Å². The number of carbonyl (C=O) groups is 1. The Morgan fingerprint density at radius 1 is 1.14 bits per heavy atom. The molecule has 4 aromatic rings. The number of carbonyl (C=O) groups excluding carboxylic acids is 1. The van der Waals surface area contributed by atoms with E-state index < -0.39 is 17.2 Å². The highest BCUT2D eigenvalue weighted by Gasteiger charge is 2.21. The zero-order valence-electron chi connectivity index (χ0n) is 15.2. The first kappa shape index (κ1) is 18.8. The largest absolute Gasteiger partial charge is 0.506 e. The Morgan fingerprint density at radius 3 is 2.62 bits per heavy atom. The van der Waals surface area contributed by atoms with E-state index in [2.05, 4.69) is 15.4 Å². The van der Waals surface area contributed by atoms with Crippen LogP contribution in [0.1, 0.15) is 21.5 Å². The maximum atomic E-state index is 12.6. The third-order valence-corrected chi connectivity index (χ3v) is 4.96. The lowest BCUT2D eigenvalue weighted by Crippen LogP contribution is -2.29. The third-order valence-electron chi connectivity index (χ3n) is 4.59. The Morgan fingerprint density at radius 2 is 1.86 bits per heavy atom. The van der Waals surface area contributed by atoms with Crippen molar-refractivity contribution in [1.82, 2.24) is 20.1 Å². The van der Waals surface area contributed by atoms with Gasteiger partial charge < -0.3 is 15.4 Å². The number of halogens is 1. The molecule has 0 radical (unpaired) electrons. The van der Waals surface area contributed by atoms with Gasteiger partial charge in [0.1, 0.15) is 17.0 Å². The summed E-state index contributed by atoms with van der Waals surface area (Å²) in [4.78, 5) is 27.7. The van der Waals surface area contributed by atoms with Crippen molar-refractivity contribution in [2.45, 2.75) is 13.1 Å². The molecule has 0 spiro atoms. The van der Waals surface area contributed by atoms with E-state index in [0.717, 1.165) is 5.56 Å². The van der Waals surface area contributed by atoms with Crippen molar-refractivity contribution in [3.8, 4) is 5.75 Å². The molecule has 0 aliphatic heterocycles. The SMILES string of the molecule is O=C(NCc1ccccc1Cl)c1c(O)c2cnn(Cc3ccccc3)c2[nH]c1=O. The average molecular weight is 409 g/mol. The summed E-state index contributed by atoms with van der Waals surface area (Å²) < 4.78 is 1.57. The van der Waals surface area contributed by atoms with Crippen LogP contribution in [-0.2, 0) is 13.1 Å². The first-order valence-corrected chi connectivity index (χ1v) is 9.28. The number of rotatable bonds is 5. The summed E-state index contributed by atoms with van der Waals surface area (Å²) in [6.07, 6.45) is 1.42. The minimum atomic E-state index is -0.693. The molecule has 0 aliphatic rings. The first-order valence-electron chi connectivity index (χ1n) is 8.91. The highest BCUT2D eigenvalue weighted by atomic mass is 35.5. The summed E-state index contributed by atoms with van der Waals surface area (Å²) in [6.45, 7) is 0.542. The topological polar surface area (TPSA) is 100 Å². The van der Waals surface area contributed by atoms with Gasteiger partial charge in [-0.25, -0.2) is 4.68 Å². The Kier molecular flexibility index (Phi) is 5.05. The number of fused-ring (bicyclic) bond motifs is 1. The molecule has 8 heteroatoms. The van der Waals surface area contributed by atoms with Crippen LogP contribution in [0.2, 0.25) is 5.02 Å². The van der Waals surface area contributed by atoms with Crippen molar-refractivity contribution in [2.24, 2.45) is 0 Å². The molecule has 1 amide bonds. The van der Waals surface area contributed by atoms with Crippen LogP contribution < -0.4 is 10.9 Å². The predicted octanol–water partition coefficient (Wildman–Crippen LogP) is 3.06. The van der Waals surface area contributed by atoms with Gasteiger partial charge in [-0.05, 0) is 17.2 Å². The maximum absolute atomic E-state index is 12.6. The molecule has 2 heterocycles. The molecule has 3 N–H and O–H groups in total. The molecule has 29 heavy (non-hydrogen) atoms. The summed E-state index contributed by atoms with van der Waals surface area (Å²) >= 11 is 6.08. The second-order valence-electron chi connectivity index (χ2n) is 6.50. The lowest BCUT2D eigenvalue weighted by atomic mass is 10.1. The van der Waals surface area contributed by atoms with Gasteiger partial charge in [-0.1, -0.05) is 60.1 Å². The molecule has 2 aromatic carbocycles. The summed E-state index contributed by atoms with van der Waals surface area (Å²) in [7, 11) is 0. The molecule has 146 valence electrons. The zero-order valence-corrected chi connectivity index (χ0v) is 16.0. The molecule has 0 saturated heterocycles. The number of aromatic nitrogens is 3. The van der Waals surface area contributed by atoms with Gasteiger partial charge in [-0.2, -0.15) is 5.10 Å². The molecule has 0 bridgehead atoms. The highest BCUT2D eigenvalue weighted by molar-refractivity contribution is 6.31. The smallest absolute Gasteiger partial charge is 0.266 e. The van der Waals surface area contributed by atoms with Crippen LogP contribution in [0.5, 0.6) is 5.75 Å². The van der Waals surface area contributed by atoms with Gasteiger partial charge in [0.2, 0.25) is 0 Å². The molecular formula is C21H17ClN4O3. The number of H-pyrrole nitrogens is 1. The van der Waals surface area contributed by atoms with Gasteiger partial charge in [0.05, 0.1) is 18.1 Å².